The topological polar surface area (TPSA) is 33.6 Å². The molecule has 1 N–H and O–H groups in total. The van der Waals surface area contributed by atoms with E-state index >= 15 is 0 Å². The highest BCUT2D eigenvalue weighted by atomic mass is 16.8. The van der Waals surface area contributed by atoms with E-state index in [0.717, 1.165) is 25.0 Å². The van der Waals surface area contributed by atoms with Gasteiger partial charge in [0.15, 0.2) is 0 Å². The molecular formula is C8H12N2O. The molecule has 0 amide bonds. The fourth-order valence-electron chi connectivity index (χ4n) is 1.61. The molecule has 0 aromatic rings. The van der Waals surface area contributed by atoms with E-state index in [1.807, 2.05) is 0 Å². The first-order valence-corrected chi connectivity index (χ1v) is 4.09. The van der Waals surface area contributed by atoms with Gasteiger partial charge in [-0.25, -0.2) is 0 Å². The summed E-state index contributed by atoms with van der Waals surface area (Å²) in [6.45, 7) is 2.16. The normalized spacial score (nSPS) is 28.6. The average molecular weight is 152 g/mol. The minimum Gasteiger partial charge on any atom is -0.299 e. The molecule has 1 atom stereocenters. The predicted octanol–water partition coefficient (Wildman–Crippen LogP) is 1.38. The summed E-state index contributed by atoms with van der Waals surface area (Å²) in [6, 6.07) is 0.286. The van der Waals surface area contributed by atoms with Crippen molar-refractivity contribution in [2.24, 2.45) is 5.16 Å². The molecule has 0 aromatic heterocycles. The van der Waals surface area contributed by atoms with Crippen molar-refractivity contribution in [1.82, 2.24) is 5.48 Å². The van der Waals surface area contributed by atoms with Crippen LogP contribution < -0.4 is 5.48 Å². The van der Waals surface area contributed by atoms with Gasteiger partial charge in [-0.05, 0) is 24.8 Å². The van der Waals surface area contributed by atoms with Crippen LogP contribution in [0.25, 0.3) is 0 Å². The summed E-state index contributed by atoms with van der Waals surface area (Å²) in [5.74, 6) is 0. The summed E-state index contributed by atoms with van der Waals surface area (Å²) in [6.07, 6.45) is 5.52. The van der Waals surface area contributed by atoms with Gasteiger partial charge in [-0.2, -0.15) is 0 Å². The highest BCUT2D eigenvalue weighted by Crippen LogP contribution is 2.21. The Kier molecular flexibility index (Phi) is 1.66. The van der Waals surface area contributed by atoms with Crippen LogP contribution in [0.2, 0.25) is 0 Å². The van der Waals surface area contributed by atoms with Gasteiger partial charge >= 0.3 is 0 Å². The highest BCUT2D eigenvalue weighted by molar-refractivity contribution is 5.93. The van der Waals surface area contributed by atoms with Crippen molar-refractivity contribution in [2.45, 2.75) is 32.2 Å². The lowest BCUT2D eigenvalue weighted by atomic mass is 9.91. The summed E-state index contributed by atoms with van der Waals surface area (Å²) in [5.41, 5.74) is 5.45. The molecule has 1 unspecified atom stereocenters. The Morgan fingerprint density at radius 1 is 1.82 bits per heavy atom. The molecule has 1 aliphatic carbocycles. The first-order valence-electron chi connectivity index (χ1n) is 4.09. The molecule has 1 aliphatic heterocycles. The van der Waals surface area contributed by atoms with Crippen LogP contribution in [0.3, 0.4) is 0 Å². The third-order valence-electron chi connectivity index (χ3n) is 2.25. The van der Waals surface area contributed by atoms with Gasteiger partial charge in [0, 0.05) is 0 Å². The van der Waals surface area contributed by atoms with Crippen molar-refractivity contribution < 1.29 is 4.94 Å². The van der Waals surface area contributed by atoms with Crippen LogP contribution in [-0.2, 0) is 4.94 Å². The molecule has 0 saturated heterocycles. The molecular weight excluding hydrogens is 140 g/mol. The zero-order valence-corrected chi connectivity index (χ0v) is 6.63. The van der Waals surface area contributed by atoms with Crippen molar-refractivity contribution in [3.8, 4) is 0 Å². The summed E-state index contributed by atoms with van der Waals surface area (Å²) in [7, 11) is 0. The second-order valence-electron chi connectivity index (χ2n) is 2.90. The number of rotatable bonds is 1. The molecule has 3 heteroatoms. The molecule has 2 aliphatic rings. The van der Waals surface area contributed by atoms with Gasteiger partial charge in [0.25, 0.3) is 0 Å². The maximum Gasteiger partial charge on any atom is 0.108 e. The Balaban J connectivity index is 2.22. The first-order chi connectivity index (χ1) is 5.42. The van der Waals surface area contributed by atoms with E-state index in [4.69, 9.17) is 4.94 Å². The molecule has 60 valence electrons. The minimum absolute atomic E-state index is 0.286. The monoisotopic (exact) mass is 152 g/mol. The van der Waals surface area contributed by atoms with Crippen molar-refractivity contribution >= 4 is 5.71 Å². The number of fused-ring (bicyclic) bond motifs is 1. The lowest BCUT2D eigenvalue weighted by Crippen LogP contribution is -2.33. The van der Waals surface area contributed by atoms with E-state index in [9.17, 15) is 0 Å². The van der Waals surface area contributed by atoms with E-state index in [0.29, 0.717) is 0 Å². The van der Waals surface area contributed by atoms with Crippen molar-refractivity contribution in [2.75, 3.05) is 0 Å². The summed E-state index contributed by atoms with van der Waals surface area (Å²) in [4.78, 5) is 4.82. The Hall–Kier alpha value is -0.830. The molecule has 2 rings (SSSR count). The molecule has 0 fully saturated rings. The Labute approximate surface area is 66.1 Å². The van der Waals surface area contributed by atoms with E-state index < -0.39 is 0 Å². The Morgan fingerprint density at radius 2 is 2.73 bits per heavy atom. The smallest absolute Gasteiger partial charge is 0.108 e. The first kappa shape index (κ1) is 6.85. The van der Waals surface area contributed by atoms with Gasteiger partial charge in [0.1, 0.15) is 6.04 Å². The van der Waals surface area contributed by atoms with Gasteiger partial charge in [0.2, 0.25) is 0 Å². The SMILES string of the molecule is CCC1=CCCC2=NONC12. The van der Waals surface area contributed by atoms with Crippen LogP contribution >= 0.6 is 0 Å². The van der Waals surface area contributed by atoms with Gasteiger partial charge in [0.05, 0.1) is 5.71 Å². The Bertz CT molecular complexity index is 220. The van der Waals surface area contributed by atoms with Crippen molar-refractivity contribution in [3.63, 3.8) is 0 Å². The van der Waals surface area contributed by atoms with Crippen molar-refractivity contribution in [3.05, 3.63) is 11.6 Å². The van der Waals surface area contributed by atoms with Gasteiger partial charge < -0.3 is 0 Å². The van der Waals surface area contributed by atoms with Gasteiger partial charge in [-0.3, -0.25) is 4.94 Å². The summed E-state index contributed by atoms with van der Waals surface area (Å²) in [5, 5.41) is 3.92. The highest BCUT2D eigenvalue weighted by Gasteiger charge is 2.27. The number of hydroxylamine groups is 1. The number of nitrogens with zero attached hydrogens (tertiary/aromatic N) is 1. The molecule has 0 saturated carbocycles. The lowest BCUT2D eigenvalue weighted by Gasteiger charge is -2.17. The summed E-state index contributed by atoms with van der Waals surface area (Å²) < 4.78 is 0. The number of hydrogen-bond donors (Lipinski definition) is 1. The molecule has 0 spiro atoms. The zero-order valence-electron chi connectivity index (χ0n) is 6.63. The molecule has 0 bridgehead atoms. The summed E-state index contributed by atoms with van der Waals surface area (Å²) >= 11 is 0. The molecule has 3 nitrogen and oxygen atoms in total. The molecule has 0 radical (unpaired) electrons. The number of nitrogens with one attached hydrogen (secondary N) is 1. The molecule has 1 heterocycles. The third-order valence-corrected chi connectivity index (χ3v) is 2.25. The number of hydrogen-bond acceptors (Lipinski definition) is 3. The van der Waals surface area contributed by atoms with Crippen LogP contribution in [0.5, 0.6) is 0 Å². The van der Waals surface area contributed by atoms with Gasteiger partial charge in [-0.1, -0.05) is 18.2 Å². The van der Waals surface area contributed by atoms with Gasteiger partial charge in [-0.15, -0.1) is 5.48 Å². The fourth-order valence-corrected chi connectivity index (χ4v) is 1.61. The predicted molar refractivity (Wildman–Crippen MR) is 43.1 cm³/mol. The second-order valence-corrected chi connectivity index (χ2v) is 2.90. The van der Waals surface area contributed by atoms with Crippen LogP contribution in [0.1, 0.15) is 26.2 Å². The largest absolute Gasteiger partial charge is 0.299 e. The molecule has 11 heavy (non-hydrogen) atoms. The average Bonchev–Trinajstić information content (AvgIpc) is 2.50. The number of allylic oxidation sites excluding steroid dienone is 1. The van der Waals surface area contributed by atoms with E-state index in [-0.39, 0.29) is 6.04 Å². The standard InChI is InChI=1S/C8H12N2O/c1-2-6-4-3-5-7-8(6)10-11-9-7/h4,8,10H,2-3,5H2,1H3. The van der Waals surface area contributed by atoms with E-state index in [2.05, 4.69) is 23.6 Å². The van der Waals surface area contributed by atoms with E-state index in [1.54, 1.807) is 0 Å². The minimum atomic E-state index is 0.286. The second kappa shape index (κ2) is 2.66. The quantitative estimate of drug-likeness (QED) is 0.576. The molecule has 0 aromatic carbocycles. The van der Waals surface area contributed by atoms with E-state index in [1.165, 1.54) is 5.57 Å². The Morgan fingerprint density at radius 3 is 3.55 bits per heavy atom. The lowest BCUT2D eigenvalue weighted by molar-refractivity contribution is 0.0651. The zero-order chi connectivity index (χ0) is 7.68. The van der Waals surface area contributed by atoms with Crippen LogP contribution in [0, 0.1) is 0 Å². The number of oxime groups is 1. The van der Waals surface area contributed by atoms with Crippen LogP contribution in [0.15, 0.2) is 16.8 Å². The van der Waals surface area contributed by atoms with Crippen LogP contribution in [-0.4, -0.2) is 11.8 Å². The maximum absolute atomic E-state index is 4.82. The third kappa shape index (κ3) is 1.05. The van der Waals surface area contributed by atoms with Crippen molar-refractivity contribution in [1.29, 1.82) is 0 Å². The fraction of sp³-hybridized carbons (Fsp3) is 0.625. The maximum atomic E-state index is 4.82. The van der Waals surface area contributed by atoms with Crippen LogP contribution in [0.4, 0.5) is 0 Å².